The molecule has 0 aliphatic carbocycles. The molecule has 1 rings (SSSR count). The van der Waals surface area contributed by atoms with Crippen LogP contribution in [-0.4, -0.2) is 5.24 Å². The molecule has 62 valence electrons. The van der Waals surface area contributed by atoms with Crippen LogP contribution in [0.5, 0.6) is 0 Å². The first-order valence-electron chi connectivity index (χ1n) is 2.98. The number of carbonyl (C=O) groups is 1. The van der Waals surface area contributed by atoms with Gasteiger partial charge in [-0.2, -0.15) is 0 Å². The smallest absolute Gasteiger partial charge is 0.255 e. The Bertz CT molecular complexity index is 340. The van der Waals surface area contributed by atoms with E-state index in [0.29, 0.717) is 0 Å². The highest BCUT2D eigenvalue weighted by Gasteiger charge is 2.12. The van der Waals surface area contributed by atoms with Crippen LogP contribution in [0, 0.1) is 10.7 Å². The van der Waals surface area contributed by atoms with E-state index in [0.717, 1.165) is 6.07 Å². The van der Waals surface area contributed by atoms with Crippen molar-refractivity contribution in [1.82, 2.24) is 0 Å². The predicted molar refractivity (Wildman–Crippen MR) is 42.0 cm³/mol. The van der Waals surface area contributed by atoms with Gasteiger partial charge in [0.05, 0.1) is 5.56 Å². The maximum Gasteiger partial charge on any atom is 0.255 e. The van der Waals surface area contributed by atoms with Crippen molar-refractivity contribution in [2.75, 3.05) is 0 Å². The van der Waals surface area contributed by atoms with Crippen LogP contribution in [0.4, 0.5) is 10.1 Å². The van der Waals surface area contributed by atoms with Crippen LogP contribution < -0.4 is 0 Å². The second-order valence-corrected chi connectivity index (χ2v) is 2.35. The molecular weight excluding hydrogens is 185 g/mol. The Morgan fingerprint density at radius 2 is 2.17 bits per heavy atom. The summed E-state index contributed by atoms with van der Waals surface area (Å²) in [6, 6.07) is 3.67. The predicted octanol–water partition coefficient (Wildman–Crippen LogP) is 2.60. The van der Waals surface area contributed by atoms with Crippen molar-refractivity contribution in [2.24, 2.45) is 5.18 Å². The number of carbonyl (C=O) groups excluding carboxylic acids is 1. The lowest BCUT2D eigenvalue weighted by atomic mass is 10.2. The number of nitrogens with zero attached hydrogens (tertiary/aromatic N) is 1. The van der Waals surface area contributed by atoms with Crippen LogP contribution in [0.2, 0.25) is 0 Å². The first kappa shape index (κ1) is 8.80. The third kappa shape index (κ3) is 1.48. The molecule has 0 radical (unpaired) electrons. The van der Waals surface area contributed by atoms with Crippen LogP contribution in [0.15, 0.2) is 23.4 Å². The van der Waals surface area contributed by atoms with Crippen molar-refractivity contribution in [3.63, 3.8) is 0 Å². The van der Waals surface area contributed by atoms with Crippen LogP contribution >= 0.6 is 11.6 Å². The van der Waals surface area contributed by atoms with Crippen molar-refractivity contribution in [2.45, 2.75) is 0 Å². The van der Waals surface area contributed by atoms with Gasteiger partial charge >= 0.3 is 0 Å². The summed E-state index contributed by atoms with van der Waals surface area (Å²) in [4.78, 5) is 20.5. The maximum atomic E-state index is 12.9. The summed E-state index contributed by atoms with van der Waals surface area (Å²) in [5.41, 5.74) is -0.754. The summed E-state index contributed by atoms with van der Waals surface area (Å²) in [5, 5.41) is 1.43. The average molecular weight is 188 g/mol. The van der Waals surface area contributed by atoms with Crippen molar-refractivity contribution in [3.8, 4) is 0 Å². The standard InChI is InChI=1S/C7H3ClFNO2/c8-7(11)4-2-1-3-5(10-12)6(4)9/h1-3H. The van der Waals surface area contributed by atoms with Gasteiger partial charge in [0, 0.05) is 0 Å². The largest absolute Gasteiger partial charge is 0.275 e. The van der Waals surface area contributed by atoms with E-state index in [1.54, 1.807) is 0 Å². The van der Waals surface area contributed by atoms with Crippen molar-refractivity contribution >= 4 is 22.5 Å². The Hall–Kier alpha value is -1.29. The molecular formula is C7H3ClFNO2. The van der Waals surface area contributed by atoms with Crippen molar-refractivity contribution in [1.29, 1.82) is 0 Å². The zero-order chi connectivity index (χ0) is 9.14. The molecule has 0 aromatic heterocycles. The second-order valence-electron chi connectivity index (χ2n) is 2.00. The van der Waals surface area contributed by atoms with Gasteiger partial charge in [-0.1, -0.05) is 6.07 Å². The van der Waals surface area contributed by atoms with Crippen LogP contribution in [0.25, 0.3) is 0 Å². The fourth-order valence-electron chi connectivity index (χ4n) is 0.742. The van der Waals surface area contributed by atoms with E-state index in [2.05, 4.69) is 5.18 Å². The lowest BCUT2D eigenvalue weighted by molar-refractivity contribution is 0.107. The summed E-state index contributed by atoms with van der Waals surface area (Å²) < 4.78 is 12.9. The molecule has 5 heteroatoms. The highest BCUT2D eigenvalue weighted by atomic mass is 35.5. The van der Waals surface area contributed by atoms with Crippen LogP contribution in [-0.2, 0) is 0 Å². The first-order valence-corrected chi connectivity index (χ1v) is 3.36. The monoisotopic (exact) mass is 187 g/mol. The number of hydrogen-bond donors (Lipinski definition) is 0. The highest BCUT2D eigenvalue weighted by molar-refractivity contribution is 6.67. The van der Waals surface area contributed by atoms with E-state index < -0.39 is 16.7 Å². The Morgan fingerprint density at radius 1 is 1.50 bits per heavy atom. The minimum atomic E-state index is -0.979. The van der Waals surface area contributed by atoms with Crippen LogP contribution in [0.1, 0.15) is 10.4 Å². The number of nitroso groups, excluding NO2 is 1. The molecule has 0 fully saturated rings. The van der Waals surface area contributed by atoms with Crippen LogP contribution in [0.3, 0.4) is 0 Å². The summed E-state index contributed by atoms with van der Waals surface area (Å²) in [6.07, 6.45) is 0. The van der Waals surface area contributed by atoms with Gasteiger partial charge in [0.1, 0.15) is 5.69 Å². The summed E-state index contributed by atoms with van der Waals surface area (Å²) in [5.74, 6) is -0.979. The number of rotatable bonds is 2. The Labute approximate surface area is 72.1 Å². The molecule has 3 nitrogen and oxygen atoms in total. The third-order valence-electron chi connectivity index (χ3n) is 1.29. The number of hydrogen-bond acceptors (Lipinski definition) is 3. The van der Waals surface area contributed by atoms with E-state index in [4.69, 9.17) is 11.6 Å². The van der Waals surface area contributed by atoms with Gasteiger partial charge in [-0.3, -0.25) is 4.79 Å². The fraction of sp³-hybridized carbons (Fsp3) is 0. The van der Waals surface area contributed by atoms with Crippen molar-refractivity contribution < 1.29 is 9.18 Å². The SMILES string of the molecule is O=Nc1cccc(C(=O)Cl)c1F. The van der Waals surface area contributed by atoms with Gasteiger partial charge in [0.25, 0.3) is 5.24 Å². The molecule has 1 aromatic rings. The Morgan fingerprint density at radius 3 is 2.67 bits per heavy atom. The minimum absolute atomic E-state index is 0.339. The van der Waals surface area contributed by atoms with Gasteiger partial charge in [0.15, 0.2) is 5.82 Å². The van der Waals surface area contributed by atoms with E-state index in [1.165, 1.54) is 12.1 Å². The summed E-state index contributed by atoms with van der Waals surface area (Å²) >= 11 is 5.01. The summed E-state index contributed by atoms with van der Waals surface area (Å²) in [7, 11) is 0. The molecule has 0 amide bonds. The molecule has 0 saturated carbocycles. The normalized spacial score (nSPS) is 9.50. The van der Waals surface area contributed by atoms with Gasteiger partial charge in [0.2, 0.25) is 0 Å². The Kier molecular flexibility index (Phi) is 2.50. The quantitative estimate of drug-likeness (QED) is 0.528. The topological polar surface area (TPSA) is 46.5 Å². The van der Waals surface area contributed by atoms with E-state index in [1.807, 2.05) is 0 Å². The van der Waals surface area contributed by atoms with Gasteiger partial charge < -0.3 is 0 Å². The molecule has 0 heterocycles. The first-order chi connectivity index (χ1) is 5.66. The third-order valence-corrected chi connectivity index (χ3v) is 1.49. The van der Waals surface area contributed by atoms with Gasteiger partial charge in [-0.05, 0) is 28.9 Å². The average Bonchev–Trinajstić information content (AvgIpc) is 2.04. The summed E-state index contributed by atoms with van der Waals surface area (Å²) in [6.45, 7) is 0. The lowest BCUT2D eigenvalue weighted by Gasteiger charge is -1.96. The van der Waals surface area contributed by atoms with E-state index in [9.17, 15) is 14.1 Å². The maximum absolute atomic E-state index is 12.9. The number of halogens is 2. The fourth-order valence-corrected chi connectivity index (χ4v) is 0.888. The molecule has 0 saturated heterocycles. The molecule has 0 unspecified atom stereocenters. The second kappa shape index (κ2) is 3.40. The van der Waals surface area contributed by atoms with Gasteiger partial charge in [-0.25, -0.2) is 4.39 Å². The minimum Gasteiger partial charge on any atom is -0.275 e. The molecule has 0 aliphatic rings. The molecule has 0 spiro atoms. The molecule has 0 N–H and O–H groups in total. The molecule has 0 bridgehead atoms. The molecule has 0 aliphatic heterocycles. The highest BCUT2D eigenvalue weighted by Crippen LogP contribution is 2.21. The van der Waals surface area contributed by atoms with Crippen molar-refractivity contribution in [3.05, 3.63) is 34.5 Å². The number of benzene rings is 1. The van der Waals surface area contributed by atoms with E-state index in [-0.39, 0.29) is 5.56 Å². The lowest BCUT2D eigenvalue weighted by Crippen LogP contribution is -1.93. The zero-order valence-corrected chi connectivity index (χ0v) is 6.51. The zero-order valence-electron chi connectivity index (χ0n) is 5.75. The van der Waals surface area contributed by atoms with Gasteiger partial charge in [-0.15, -0.1) is 4.91 Å². The van der Waals surface area contributed by atoms with E-state index >= 15 is 0 Å². The Balaban J connectivity index is 3.32. The molecule has 1 aromatic carbocycles. The molecule has 12 heavy (non-hydrogen) atoms. The molecule has 0 atom stereocenters.